The van der Waals surface area contributed by atoms with Gasteiger partial charge in [0.25, 0.3) is 5.56 Å². The number of nitrogens with zero attached hydrogens (tertiary/aromatic N) is 2. The minimum absolute atomic E-state index is 0.0223. The molecule has 0 aromatic carbocycles. The molecule has 0 amide bonds. The minimum Gasteiger partial charge on any atom is -0.310 e. The molecule has 0 saturated heterocycles. The first-order chi connectivity index (χ1) is 6.74. The lowest BCUT2D eigenvalue weighted by Crippen LogP contribution is -2.24. The highest BCUT2D eigenvalue weighted by Gasteiger charge is 2.26. The largest absolute Gasteiger partial charge is 0.310 e. The summed E-state index contributed by atoms with van der Waals surface area (Å²) in [6, 6.07) is 6.09. The Kier molecular flexibility index (Phi) is 2.12. The second kappa shape index (κ2) is 3.30. The van der Waals surface area contributed by atoms with Crippen LogP contribution < -0.4 is 5.56 Å². The standard InChI is InChI=1S/C11H12N2O/c1-8-2-3-9(6-7-12)11(14)13(8)10-4-5-10/h2-3,10H,4-6H2,1H3. The number of hydrogen-bond acceptors (Lipinski definition) is 2. The first-order valence-corrected chi connectivity index (χ1v) is 4.82. The van der Waals surface area contributed by atoms with E-state index < -0.39 is 0 Å². The molecular formula is C11H12N2O. The van der Waals surface area contributed by atoms with Gasteiger partial charge < -0.3 is 4.57 Å². The summed E-state index contributed by atoms with van der Waals surface area (Å²) in [5.41, 5.74) is 1.64. The third kappa shape index (κ3) is 1.44. The average molecular weight is 188 g/mol. The van der Waals surface area contributed by atoms with Crippen LogP contribution in [0.2, 0.25) is 0 Å². The lowest BCUT2D eigenvalue weighted by molar-refractivity contribution is 0.674. The summed E-state index contributed by atoms with van der Waals surface area (Å²) >= 11 is 0. The predicted molar refractivity (Wildman–Crippen MR) is 53.0 cm³/mol. The summed E-state index contributed by atoms with van der Waals surface area (Å²) in [5, 5.41) is 8.56. The molecule has 3 nitrogen and oxygen atoms in total. The quantitative estimate of drug-likeness (QED) is 0.707. The summed E-state index contributed by atoms with van der Waals surface area (Å²) < 4.78 is 1.83. The van der Waals surface area contributed by atoms with Gasteiger partial charge in [-0.2, -0.15) is 5.26 Å². The first-order valence-electron chi connectivity index (χ1n) is 4.82. The van der Waals surface area contributed by atoms with E-state index in [4.69, 9.17) is 5.26 Å². The Hall–Kier alpha value is -1.56. The van der Waals surface area contributed by atoms with Crippen molar-refractivity contribution in [3.05, 3.63) is 33.7 Å². The van der Waals surface area contributed by atoms with Crippen LogP contribution in [0.1, 0.15) is 30.1 Å². The molecule has 14 heavy (non-hydrogen) atoms. The lowest BCUT2D eigenvalue weighted by Gasteiger charge is -2.09. The summed E-state index contributed by atoms with van der Waals surface area (Å²) in [6.45, 7) is 1.94. The fraction of sp³-hybridized carbons (Fsp3) is 0.455. The lowest BCUT2D eigenvalue weighted by atomic mass is 10.2. The molecule has 0 spiro atoms. The summed E-state index contributed by atoms with van der Waals surface area (Å²) in [6.07, 6.45) is 2.40. The molecule has 1 aromatic heterocycles. The van der Waals surface area contributed by atoms with Crippen molar-refractivity contribution in [2.24, 2.45) is 0 Å². The Labute approximate surface area is 82.6 Å². The molecule has 0 bridgehead atoms. The first kappa shape index (κ1) is 9.01. The topological polar surface area (TPSA) is 45.8 Å². The van der Waals surface area contributed by atoms with Crippen molar-refractivity contribution < 1.29 is 0 Å². The molecule has 1 aliphatic rings. The van der Waals surface area contributed by atoms with Crippen LogP contribution in [0.5, 0.6) is 0 Å². The number of pyridine rings is 1. The summed E-state index contributed by atoms with van der Waals surface area (Å²) in [5.74, 6) is 0. The molecule has 1 aliphatic carbocycles. The van der Waals surface area contributed by atoms with Crippen LogP contribution in [0.4, 0.5) is 0 Å². The predicted octanol–water partition coefficient (Wildman–Crippen LogP) is 1.56. The van der Waals surface area contributed by atoms with Gasteiger partial charge in [-0.15, -0.1) is 0 Å². The monoisotopic (exact) mass is 188 g/mol. The van der Waals surface area contributed by atoms with Crippen molar-refractivity contribution in [2.45, 2.75) is 32.2 Å². The van der Waals surface area contributed by atoms with Crippen molar-refractivity contribution in [1.82, 2.24) is 4.57 Å². The molecule has 1 aromatic rings. The van der Waals surface area contributed by atoms with Gasteiger partial charge in [0.15, 0.2) is 0 Å². The van der Waals surface area contributed by atoms with Crippen molar-refractivity contribution in [3.8, 4) is 6.07 Å². The molecule has 72 valence electrons. The molecule has 1 heterocycles. The molecule has 0 unspecified atom stereocenters. The maximum absolute atomic E-state index is 11.9. The molecule has 0 radical (unpaired) electrons. The van der Waals surface area contributed by atoms with Crippen LogP contribution in [0.25, 0.3) is 0 Å². The van der Waals surface area contributed by atoms with Crippen LogP contribution in [0, 0.1) is 18.3 Å². The van der Waals surface area contributed by atoms with Crippen LogP contribution in [-0.4, -0.2) is 4.57 Å². The Bertz CT molecular complexity index is 449. The van der Waals surface area contributed by atoms with E-state index in [0.717, 1.165) is 18.5 Å². The van der Waals surface area contributed by atoms with E-state index in [2.05, 4.69) is 0 Å². The van der Waals surface area contributed by atoms with Gasteiger partial charge in [0.2, 0.25) is 0 Å². The van der Waals surface area contributed by atoms with E-state index in [1.807, 2.05) is 23.6 Å². The highest BCUT2D eigenvalue weighted by molar-refractivity contribution is 5.20. The van der Waals surface area contributed by atoms with Crippen LogP contribution >= 0.6 is 0 Å². The molecular weight excluding hydrogens is 176 g/mol. The van der Waals surface area contributed by atoms with E-state index in [1.165, 1.54) is 0 Å². The second-order valence-electron chi connectivity index (χ2n) is 3.74. The third-order valence-corrected chi connectivity index (χ3v) is 2.58. The fourth-order valence-electron chi connectivity index (χ4n) is 1.69. The van der Waals surface area contributed by atoms with E-state index >= 15 is 0 Å². The summed E-state index contributed by atoms with van der Waals surface area (Å²) in [4.78, 5) is 11.9. The number of aromatic nitrogens is 1. The van der Waals surface area contributed by atoms with Gasteiger partial charge in [-0.1, -0.05) is 6.07 Å². The SMILES string of the molecule is Cc1ccc(CC#N)c(=O)n1C1CC1. The van der Waals surface area contributed by atoms with Crippen molar-refractivity contribution in [3.63, 3.8) is 0 Å². The maximum atomic E-state index is 11.9. The number of nitriles is 1. The molecule has 1 fully saturated rings. The minimum atomic E-state index is 0.0223. The van der Waals surface area contributed by atoms with Gasteiger partial charge in [0.1, 0.15) is 0 Å². The number of hydrogen-bond donors (Lipinski definition) is 0. The fourth-order valence-corrected chi connectivity index (χ4v) is 1.69. The zero-order valence-electron chi connectivity index (χ0n) is 8.16. The maximum Gasteiger partial charge on any atom is 0.255 e. The molecule has 0 N–H and O–H groups in total. The highest BCUT2D eigenvalue weighted by atomic mass is 16.1. The molecule has 1 saturated carbocycles. The highest BCUT2D eigenvalue weighted by Crippen LogP contribution is 2.34. The van der Waals surface area contributed by atoms with Gasteiger partial charge in [-0.05, 0) is 25.8 Å². The number of aryl methyl sites for hydroxylation is 1. The van der Waals surface area contributed by atoms with Gasteiger partial charge in [-0.3, -0.25) is 4.79 Å². The molecule has 0 atom stereocenters. The van der Waals surface area contributed by atoms with Crippen LogP contribution in [-0.2, 0) is 6.42 Å². The van der Waals surface area contributed by atoms with E-state index in [1.54, 1.807) is 6.07 Å². The van der Waals surface area contributed by atoms with Crippen LogP contribution in [0.3, 0.4) is 0 Å². The van der Waals surface area contributed by atoms with E-state index in [-0.39, 0.29) is 12.0 Å². The average Bonchev–Trinajstić information content (AvgIpc) is 2.94. The Morgan fingerprint density at radius 3 is 2.86 bits per heavy atom. The Balaban J connectivity index is 2.52. The van der Waals surface area contributed by atoms with E-state index in [9.17, 15) is 4.79 Å². The Morgan fingerprint density at radius 1 is 1.57 bits per heavy atom. The molecule has 2 rings (SSSR count). The molecule has 0 aliphatic heterocycles. The van der Waals surface area contributed by atoms with Gasteiger partial charge >= 0.3 is 0 Å². The van der Waals surface area contributed by atoms with Crippen molar-refractivity contribution in [2.75, 3.05) is 0 Å². The van der Waals surface area contributed by atoms with Gasteiger partial charge in [-0.25, -0.2) is 0 Å². The smallest absolute Gasteiger partial charge is 0.255 e. The number of rotatable bonds is 2. The normalized spacial score (nSPS) is 15.1. The Morgan fingerprint density at radius 2 is 2.29 bits per heavy atom. The third-order valence-electron chi connectivity index (χ3n) is 2.58. The van der Waals surface area contributed by atoms with E-state index in [0.29, 0.717) is 11.6 Å². The molecule has 3 heteroatoms. The van der Waals surface area contributed by atoms with Crippen molar-refractivity contribution in [1.29, 1.82) is 5.26 Å². The van der Waals surface area contributed by atoms with Gasteiger partial charge in [0, 0.05) is 17.3 Å². The summed E-state index contributed by atoms with van der Waals surface area (Å²) in [7, 11) is 0. The second-order valence-corrected chi connectivity index (χ2v) is 3.74. The van der Waals surface area contributed by atoms with Crippen molar-refractivity contribution >= 4 is 0 Å². The zero-order valence-corrected chi connectivity index (χ0v) is 8.16. The van der Waals surface area contributed by atoms with Crippen LogP contribution in [0.15, 0.2) is 16.9 Å². The zero-order chi connectivity index (χ0) is 10.1. The van der Waals surface area contributed by atoms with Gasteiger partial charge in [0.05, 0.1) is 12.5 Å².